The smallest absolute Gasteiger partial charge is 0.338 e. The second-order valence-corrected chi connectivity index (χ2v) is 4.10. The van der Waals surface area contributed by atoms with Crippen molar-refractivity contribution in [3.63, 3.8) is 0 Å². The van der Waals surface area contributed by atoms with E-state index in [-0.39, 0.29) is 5.17 Å². The number of nitrogens with zero attached hydrogens (tertiary/aromatic N) is 1. The molecular weight excluding hydrogens is 332 g/mol. The number of oxime groups is 1. The van der Waals surface area contributed by atoms with Gasteiger partial charge in [0.05, 0.1) is 12.7 Å². The van der Waals surface area contributed by atoms with Crippen molar-refractivity contribution < 1.29 is 14.7 Å². The summed E-state index contributed by atoms with van der Waals surface area (Å²) in [6, 6.07) is 4.78. The molecule has 1 aromatic rings. The average molecular weight is 340 g/mol. The van der Waals surface area contributed by atoms with Crippen LogP contribution in [0.4, 0.5) is 0 Å². The molecular formula is C9H7ClINO3. The fourth-order valence-corrected chi connectivity index (χ4v) is 1.83. The summed E-state index contributed by atoms with van der Waals surface area (Å²) < 4.78 is 5.27. The molecule has 0 unspecified atom stereocenters. The van der Waals surface area contributed by atoms with Crippen molar-refractivity contribution >= 4 is 45.3 Å². The highest BCUT2D eigenvalue weighted by Crippen LogP contribution is 2.17. The third-order valence-electron chi connectivity index (χ3n) is 1.70. The highest BCUT2D eigenvalue weighted by molar-refractivity contribution is 14.1. The van der Waals surface area contributed by atoms with E-state index in [1.165, 1.54) is 7.11 Å². The molecule has 4 nitrogen and oxygen atoms in total. The highest BCUT2D eigenvalue weighted by atomic mass is 127. The largest absolute Gasteiger partial charge is 0.465 e. The Balaban J connectivity index is 3.14. The second-order valence-electron chi connectivity index (χ2n) is 2.58. The Labute approximate surface area is 105 Å². The molecule has 0 spiro atoms. The van der Waals surface area contributed by atoms with Crippen LogP contribution >= 0.6 is 34.2 Å². The summed E-state index contributed by atoms with van der Waals surface area (Å²) in [6.07, 6.45) is 0. The minimum atomic E-state index is -0.414. The lowest BCUT2D eigenvalue weighted by Gasteiger charge is -2.03. The van der Waals surface area contributed by atoms with E-state index in [9.17, 15) is 4.79 Å². The van der Waals surface area contributed by atoms with E-state index in [4.69, 9.17) is 16.8 Å². The van der Waals surface area contributed by atoms with Crippen LogP contribution < -0.4 is 0 Å². The van der Waals surface area contributed by atoms with Crippen molar-refractivity contribution in [2.75, 3.05) is 7.11 Å². The maximum atomic E-state index is 11.2. The molecule has 0 aliphatic carbocycles. The number of rotatable bonds is 2. The van der Waals surface area contributed by atoms with Gasteiger partial charge in [0.2, 0.25) is 0 Å². The Kier molecular flexibility index (Phi) is 4.34. The normalized spacial score (nSPS) is 11.3. The number of carbonyl (C=O) groups is 1. The molecule has 0 saturated carbocycles. The first kappa shape index (κ1) is 12.3. The van der Waals surface area contributed by atoms with E-state index < -0.39 is 5.97 Å². The molecule has 0 saturated heterocycles. The SMILES string of the molecule is COC(=O)c1ccc(C(Cl)=NO)cc1I. The summed E-state index contributed by atoms with van der Waals surface area (Å²) in [5.74, 6) is -0.414. The van der Waals surface area contributed by atoms with Crippen LogP contribution in [-0.2, 0) is 4.74 Å². The summed E-state index contributed by atoms with van der Waals surface area (Å²) in [5.41, 5.74) is 0.987. The Hall–Kier alpha value is -0.820. The lowest BCUT2D eigenvalue weighted by Crippen LogP contribution is -2.05. The highest BCUT2D eigenvalue weighted by Gasteiger charge is 2.11. The number of hydrogen-bond donors (Lipinski definition) is 1. The Bertz CT molecular complexity index is 420. The van der Waals surface area contributed by atoms with Gasteiger partial charge in [0.15, 0.2) is 5.17 Å². The summed E-state index contributed by atoms with van der Waals surface area (Å²) in [4.78, 5) is 11.2. The summed E-state index contributed by atoms with van der Waals surface area (Å²) in [6.45, 7) is 0. The molecule has 0 heterocycles. The van der Waals surface area contributed by atoms with Gasteiger partial charge in [-0.05, 0) is 34.7 Å². The van der Waals surface area contributed by atoms with E-state index in [1.807, 2.05) is 22.6 Å². The molecule has 1 rings (SSSR count). The quantitative estimate of drug-likeness (QED) is 0.296. The predicted octanol–water partition coefficient (Wildman–Crippen LogP) is 2.45. The van der Waals surface area contributed by atoms with Gasteiger partial charge in [-0.25, -0.2) is 4.79 Å². The van der Waals surface area contributed by atoms with Gasteiger partial charge in [0, 0.05) is 9.13 Å². The van der Waals surface area contributed by atoms with Crippen molar-refractivity contribution in [1.29, 1.82) is 0 Å². The van der Waals surface area contributed by atoms with Crippen LogP contribution in [0.15, 0.2) is 23.4 Å². The van der Waals surface area contributed by atoms with Gasteiger partial charge in [-0.2, -0.15) is 0 Å². The van der Waals surface area contributed by atoms with Crippen LogP contribution in [0.5, 0.6) is 0 Å². The molecule has 15 heavy (non-hydrogen) atoms. The first-order valence-electron chi connectivity index (χ1n) is 3.86. The topological polar surface area (TPSA) is 58.9 Å². The fraction of sp³-hybridized carbons (Fsp3) is 0.111. The third kappa shape index (κ3) is 2.82. The molecule has 0 amide bonds. The van der Waals surface area contributed by atoms with Crippen LogP contribution in [0.3, 0.4) is 0 Å². The number of carbonyl (C=O) groups excluding carboxylic acids is 1. The van der Waals surface area contributed by atoms with E-state index in [2.05, 4.69) is 9.89 Å². The van der Waals surface area contributed by atoms with E-state index >= 15 is 0 Å². The van der Waals surface area contributed by atoms with Gasteiger partial charge in [-0.15, -0.1) is 0 Å². The van der Waals surface area contributed by atoms with Crippen molar-refractivity contribution in [3.8, 4) is 0 Å². The lowest BCUT2D eigenvalue weighted by molar-refractivity contribution is 0.0599. The van der Waals surface area contributed by atoms with E-state index in [1.54, 1.807) is 18.2 Å². The standard InChI is InChI=1S/C9H7ClINO3/c1-15-9(13)6-3-2-5(4-7(6)11)8(10)12-14/h2-4,14H,1H3. The molecule has 0 aliphatic rings. The number of methoxy groups -OCH3 is 1. The molecule has 0 bridgehead atoms. The fourth-order valence-electron chi connectivity index (χ4n) is 0.977. The van der Waals surface area contributed by atoms with Gasteiger partial charge < -0.3 is 9.94 Å². The Morgan fingerprint density at radius 1 is 1.60 bits per heavy atom. The number of ether oxygens (including phenoxy) is 1. The number of benzene rings is 1. The van der Waals surface area contributed by atoms with E-state index in [0.717, 1.165) is 0 Å². The molecule has 1 aromatic carbocycles. The number of hydrogen-bond acceptors (Lipinski definition) is 4. The maximum absolute atomic E-state index is 11.2. The predicted molar refractivity (Wildman–Crippen MR) is 64.7 cm³/mol. The zero-order chi connectivity index (χ0) is 11.4. The van der Waals surface area contributed by atoms with Crippen LogP contribution in [0.2, 0.25) is 0 Å². The van der Waals surface area contributed by atoms with Gasteiger partial charge in [0.1, 0.15) is 0 Å². The van der Waals surface area contributed by atoms with Crippen LogP contribution in [0, 0.1) is 3.57 Å². The minimum Gasteiger partial charge on any atom is -0.465 e. The van der Waals surface area contributed by atoms with Gasteiger partial charge >= 0.3 is 5.97 Å². The minimum absolute atomic E-state index is 0.0238. The lowest BCUT2D eigenvalue weighted by atomic mass is 10.1. The van der Waals surface area contributed by atoms with Crippen molar-refractivity contribution in [2.45, 2.75) is 0 Å². The molecule has 1 N–H and O–H groups in total. The average Bonchev–Trinajstić information content (AvgIpc) is 2.26. The van der Waals surface area contributed by atoms with Crippen molar-refractivity contribution in [1.82, 2.24) is 0 Å². The zero-order valence-electron chi connectivity index (χ0n) is 7.70. The Morgan fingerprint density at radius 2 is 2.27 bits per heavy atom. The molecule has 0 fully saturated rings. The first-order valence-corrected chi connectivity index (χ1v) is 5.31. The van der Waals surface area contributed by atoms with Crippen molar-refractivity contribution in [3.05, 3.63) is 32.9 Å². The van der Waals surface area contributed by atoms with Gasteiger partial charge in [0.25, 0.3) is 0 Å². The molecule has 6 heteroatoms. The summed E-state index contributed by atoms with van der Waals surface area (Å²) in [7, 11) is 1.31. The second kappa shape index (κ2) is 5.32. The van der Waals surface area contributed by atoms with E-state index in [0.29, 0.717) is 14.7 Å². The molecule has 0 atom stereocenters. The zero-order valence-corrected chi connectivity index (χ0v) is 10.6. The van der Waals surface area contributed by atoms with Crippen LogP contribution in [0.25, 0.3) is 0 Å². The maximum Gasteiger partial charge on any atom is 0.338 e. The van der Waals surface area contributed by atoms with Crippen LogP contribution in [-0.4, -0.2) is 23.5 Å². The Morgan fingerprint density at radius 3 is 2.73 bits per heavy atom. The third-order valence-corrected chi connectivity index (χ3v) is 2.89. The number of halogens is 2. The van der Waals surface area contributed by atoms with Crippen LogP contribution in [0.1, 0.15) is 15.9 Å². The first-order chi connectivity index (χ1) is 7.10. The number of esters is 1. The molecule has 0 aliphatic heterocycles. The molecule has 0 aromatic heterocycles. The summed E-state index contributed by atoms with van der Waals surface area (Å²) >= 11 is 7.59. The molecule has 0 radical (unpaired) electrons. The van der Waals surface area contributed by atoms with Crippen molar-refractivity contribution in [2.24, 2.45) is 5.16 Å². The summed E-state index contributed by atoms with van der Waals surface area (Å²) in [5, 5.41) is 11.3. The monoisotopic (exact) mass is 339 g/mol. The van der Waals surface area contributed by atoms with Gasteiger partial charge in [-0.3, -0.25) is 0 Å². The molecule has 80 valence electrons. The van der Waals surface area contributed by atoms with Gasteiger partial charge in [-0.1, -0.05) is 22.8 Å².